The van der Waals surface area contributed by atoms with E-state index in [2.05, 4.69) is 33.9 Å². The van der Waals surface area contributed by atoms with Crippen molar-refractivity contribution in [3.05, 3.63) is 0 Å². The molecule has 1 heterocycles. The summed E-state index contributed by atoms with van der Waals surface area (Å²) in [5.41, 5.74) is -3.57. The number of fused-ring (bicyclic) bond motifs is 3. The zero-order valence-electron chi connectivity index (χ0n) is 13.8. The van der Waals surface area contributed by atoms with Crippen molar-refractivity contribution in [1.82, 2.24) is 0 Å². The van der Waals surface area contributed by atoms with E-state index in [-0.39, 0.29) is 11.5 Å². The molecule has 1 saturated heterocycles. The first-order valence-electron chi connectivity index (χ1n) is 7.69. The van der Waals surface area contributed by atoms with E-state index in [1.165, 1.54) is 0 Å². The minimum Gasteiger partial charge on any atom is -0.405 e. The molecule has 3 rings (SSSR count). The van der Waals surface area contributed by atoms with Gasteiger partial charge < -0.3 is 19.0 Å². The van der Waals surface area contributed by atoms with E-state index in [0.29, 0.717) is 12.8 Å². The van der Waals surface area contributed by atoms with Gasteiger partial charge in [-0.25, -0.2) is 4.39 Å². The maximum atomic E-state index is 15.1. The molecule has 1 N–H and O–H groups in total. The Balaban J connectivity index is 1.89. The van der Waals surface area contributed by atoms with Crippen molar-refractivity contribution in [2.45, 2.75) is 87.4 Å². The van der Waals surface area contributed by atoms with E-state index in [9.17, 15) is 5.11 Å². The highest BCUT2D eigenvalue weighted by Crippen LogP contribution is 2.71. The summed E-state index contributed by atoms with van der Waals surface area (Å²) in [7, 11) is -0.597. The van der Waals surface area contributed by atoms with Crippen LogP contribution in [0.1, 0.15) is 40.0 Å². The van der Waals surface area contributed by atoms with Gasteiger partial charge in [-0.15, -0.1) is 0 Å². The molecule has 0 bridgehead atoms. The quantitative estimate of drug-likeness (QED) is 0.813. The van der Waals surface area contributed by atoms with E-state index in [4.69, 9.17) is 13.9 Å². The van der Waals surface area contributed by atoms with Crippen LogP contribution in [0.5, 0.6) is 0 Å². The molecule has 2 saturated carbocycles. The highest BCUT2D eigenvalue weighted by molar-refractivity contribution is 6.74. The van der Waals surface area contributed by atoms with Crippen LogP contribution in [0, 0.1) is 0 Å². The number of hydrogen-bond donors (Lipinski definition) is 1. The Morgan fingerprint density at radius 1 is 1.29 bits per heavy atom. The van der Waals surface area contributed by atoms with Crippen LogP contribution in [0.2, 0.25) is 18.1 Å². The van der Waals surface area contributed by atoms with Crippen LogP contribution < -0.4 is 0 Å². The van der Waals surface area contributed by atoms with Crippen LogP contribution in [0.4, 0.5) is 4.39 Å². The zero-order chi connectivity index (χ0) is 15.9. The van der Waals surface area contributed by atoms with Crippen LogP contribution in [0.3, 0.4) is 0 Å². The number of ether oxygens (including phenoxy) is 2. The van der Waals surface area contributed by atoms with Gasteiger partial charge in [0.05, 0.1) is 0 Å². The van der Waals surface area contributed by atoms with Crippen molar-refractivity contribution < 1.29 is 23.4 Å². The Bertz CT molecular complexity index is 465. The lowest BCUT2D eigenvalue weighted by atomic mass is 9.93. The number of methoxy groups -OCH3 is 1. The summed E-state index contributed by atoms with van der Waals surface area (Å²) in [6.07, 6.45) is -0.337. The van der Waals surface area contributed by atoms with E-state index >= 15 is 4.39 Å². The monoisotopic (exact) mass is 318 g/mol. The van der Waals surface area contributed by atoms with Crippen LogP contribution in [-0.2, 0) is 13.9 Å². The Kier molecular flexibility index (Phi) is 3.09. The second-order valence-electron chi connectivity index (χ2n) is 8.56. The molecule has 0 aromatic heterocycles. The summed E-state index contributed by atoms with van der Waals surface area (Å²) < 4.78 is 32.5. The van der Waals surface area contributed by atoms with Crippen molar-refractivity contribution in [3.63, 3.8) is 0 Å². The largest absolute Gasteiger partial charge is 0.405 e. The van der Waals surface area contributed by atoms with E-state index in [1.807, 2.05) is 0 Å². The highest BCUT2D eigenvalue weighted by Gasteiger charge is 2.87. The van der Waals surface area contributed by atoms with Gasteiger partial charge in [-0.3, -0.25) is 0 Å². The SMILES string of the molecule is CO[C@H]1C[C@@]2(O)C[C@]3(F)C[C@]3(O[Si](C)(C)C(C)(C)C)[C@H]2O1. The highest BCUT2D eigenvalue weighted by atomic mass is 28.4. The van der Waals surface area contributed by atoms with Crippen LogP contribution in [-0.4, -0.2) is 49.8 Å². The van der Waals surface area contributed by atoms with E-state index in [0.717, 1.165) is 0 Å². The second-order valence-corrected chi connectivity index (χ2v) is 13.3. The molecule has 0 aromatic carbocycles. The fraction of sp³-hybridized carbons (Fsp3) is 1.00. The third-order valence-corrected chi connectivity index (χ3v) is 10.5. The van der Waals surface area contributed by atoms with Gasteiger partial charge in [-0.05, 0) is 18.1 Å². The van der Waals surface area contributed by atoms with Gasteiger partial charge in [0.15, 0.2) is 14.6 Å². The minimum atomic E-state index is -2.14. The average molecular weight is 318 g/mol. The molecule has 6 heteroatoms. The fourth-order valence-corrected chi connectivity index (χ4v) is 5.34. The Labute approximate surface area is 127 Å². The molecule has 0 spiro atoms. The summed E-state index contributed by atoms with van der Waals surface area (Å²) in [6, 6.07) is 0. The third kappa shape index (κ3) is 1.99. The van der Waals surface area contributed by atoms with Crippen LogP contribution in [0.25, 0.3) is 0 Å². The molecule has 3 fully saturated rings. The summed E-state index contributed by atoms with van der Waals surface area (Å²) in [5, 5.41) is 10.7. The Morgan fingerprint density at radius 2 is 1.90 bits per heavy atom. The maximum Gasteiger partial charge on any atom is 0.193 e. The molecule has 1 aliphatic heterocycles. The number of halogens is 1. The van der Waals surface area contributed by atoms with Gasteiger partial charge in [0, 0.05) is 26.4 Å². The summed E-state index contributed by atoms with van der Waals surface area (Å²) in [5.74, 6) is 0. The third-order valence-electron chi connectivity index (χ3n) is 5.99. The predicted molar refractivity (Wildman–Crippen MR) is 79.3 cm³/mol. The van der Waals surface area contributed by atoms with Gasteiger partial charge in [0.2, 0.25) is 0 Å². The molecule has 3 aliphatic rings. The van der Waals surface area contributed by atoms with Crippen molar-refractivity contribution in [2.24, 2.45) is 0 Å². The van der Waals surface area contributed by atoms with Gasteiger partial charge in [-0.1, -0.05) is 20.8 Å². The van der Waals surface area contributed by atoms with Gasteiger partial charge >= 0.3 is 0 Å². The first-order valence-corrected chi connectivity index (χ1v) is 10.6. The lowest BCUT2D eigenvalue weighted by molar-refractivity contribution is -0.153. The predicted octanol–water partition coefficient (Wildman–Crippen LogP) is 2.76. The molecular formula is C15H27FO4Si. The first kappa shape index (κ1) is 15.9. The first-order chi connectivity index (χ1) is 9.39. The number of aliphatic hydroxyl groups is 1. The molecule has 0 amide bonds. The molecule has 0 aromatic rings. The number of hydrogen-bond acceptors (Lipinski definition) is 4. The lowest BCUT2D eigenvalue weighted by Gasteiger charge is -2.41. The summed E-state index contributed by atoms with van der Waals surface area (Å²) in [6.45, 7) is 10.6. The fourth-order valence-electron chi connectivity index (χ4n) is 3.76. The Morgan fingerprint density at radius 3 is 2.43 bits per heavy atom. The normalized spacial score (nSPS) is 49.1. The molecule has 4 nitrogen and oxygen atoms in total. The van der Waals surface area contributed by atoms with Gasteiger partial charge in [-0.2, -0.15) is 0 Å². The van der Waals surface area contributed by atoms with Crippen LogP contribution in [0.15, 0.2) is 0 Å². The molecule has 0 radical (unpaired) electrons. The summed E-state index contributed by atoms with van der Waals surface area (Å²) in [4.78, 5) is 0. The lowest BCUT2D eigenvalue weighted by Crippen LogP contribution is -2.52. The summed E-state index contributed by atoms with van der Waals surface area (Å²) >= 11 is 0. The smallest absolute Gasteiger partial charge is 0.193 e. The van der Waals surface area contributed by atoms with Crippen molar-refractivity contribution in [2.75, 3.05) is 7.11 Å². The average Bonchev–Trinajstić information content (AvgIpc) is 2.61. The number of rotatable bonds is 3. The molecule has 21 heavy (non-hydrogen) atoms. The zero-order valence-corrected chi connectivity index (χ0v) is 14.8. The van der Waals surface area contributed by atoms with Gasteiger partial charge in [0.1, 0.15) is 23.0 Å². The molecule has 0 unspecified atom stereocenters. The van der Waals surface area contributed by atoms with Crippen molar-refractivity contribution >= 4 is 8.32 Å². The van der Waals surface area contributed by atoms with Crippen molar-refractivity contribution in [1.29, 1.82) is 0 Å². The molecule has 5 atom stereocenters. The van der Waals surface area contributed by atoms with Crippen LogP contribution >= 0.6 is 0 Å². The standard InChI is InChI=1S/C15H27FO4Si/c1-12(2,3)21(5,6)20-15-9-14(15,16)8-13(17)7-10(18-4)19-11(13)15/h10-11,17H,7-9H2,1-6H3/t10-,11+,13-,14+,15+/m1/s1. The van der Waals surface area contributed by atoms with Crippen molar-refractivity contribution in [3.8, 4) is 0 Å². The van der Waals surface area contributed by atoms with E-state index < -0.39 is 37.6 Å². The second kappa shape index (κ2) is 4.09. The topological polar surface area (TPSA) is 47.9 Å². The minimum absolute atomic E-state index is 0.00871. The molecule has 122 valence electrons. The molecule has 2 aliphatic carbocycles. The van der Waals surface area contributed by atoms with E-state index in [1.54, 1.807) is 7.11 Å². The molecular weight excluding hydrogens is 291 g/mol. The maximum absolute atomic E-state index is 15.1. The Hall–Kier alpha value is -0.0131. The van der Waals surface area contributed by atoms with Gasteiger partial charge in [0.25, 0.3) is 0 Å². The number of alkyl halides is 1.